The molecule has 0 atom stereocenters. The van der Waals surface area contributed by atoms with Gasteiger partial charge in [-0.05, 0) is 12.8 Å². The number of rotatable bonds is 3. The van der Waals surface area contributed by atoms with Gasteiger partial charge >= 0.3 is 11.2 Å². The van der Waals surface area contributed by atoms with E-state index in [0.717, 1.165) is 19.3 Å². The van der Waals surface area contributed by atoms with Crippen LogP contribution in [-0.4, -0.2) is 28.6 Å². The van der Waals surface area contributed by atoms with E-state index in [1.54, 1.807) is 0 Å². The van der Waals surface area contributed by atoms with Gasteiger partial charge in [0.2, 0.25) is 0 Å². The lowest BCUT2D eigenvalue weighted by molar-refractivity contribution is -0.139. The van der Waals surface area contributed by atoms with Crippen molar-refractivity contribution < 1.29 is 17.6 Å². The van der Waals surface area contributed by atoms with E-state index in [-0.39, 0.29) is 18.9 Å². The Balaban J connectivity index is 2.49. The average Bonchev–Trinajstić information content (AvgIpc) is 2.03. The van der Waals surface area contributed by atoms with Gasteiger partial charge in [-0.2, -0.15) is 17.6 Å². The number of halogens is 4. The predicted molar refractivity (Wildman–Crippen MR) is 48.6 cm³/mol. The summed E-state index contributed by atoms with van der Waals surface area (Å²) in [5.41, 5.74) is 0. The summed E-state index contributed by atoms with van der Waals surface area (Å²) in [4.78, 5) is 0. The average molecular weight is 231 g/mol. The molecule has 1 aliphatic rings. The maximum atomic E-state index is 12.9. The standard InChI is InChI=1S/C8H13F4NS/c1-7(9,10)8(11,12)14-13-5-3-2-4-6-13/h2-6H2,1H3. The van der Waals surface area contributed by atoms with Gasteiger partial charge in [-0.3, -0.25) is 0 Å². The normalized spacial score (nSPS) is 21.2. The van der Waals surface area contributed by atoms with Crippen molar-refractivity contribution in [3.63, 3.8) is 0 Å². The Morgan fingerprint density at radius 2 is 1.50 bits per heavy atom. The van der Waals surface area contributed by atoms with Crippen LogP contribution in [0.15, 0.2) is 0 Å². The minimum atomic E-state index is -4.00. The van der Waals surface area contributed by atoms with Crippen molar-refractivity contribution in [2.75, 3.05) is 13.1 Å². The van der Waals surface area contributed by atoms with E-state index in [4.69, 9.17) is 0 Å². The van der Waals surface area contributed by atoms with E-state index in [9.17, 15) is 17.6 Å². The largest absolute Gasteiger partial charge is 0.369 e. The van der Waals surface area contributed by atoms with Crippen LogP contribution in [0.3, 0.4) is 0 Å². The minimum Gasteiger partial charge on any atom is -0.245 e. The van der Waals surface area contributed by atoms with Crippen molar-refractivity contribution >= 4 is 11.9 Å². The first-order valence-corrected chi connectivity index (χ1v) is 5.30. The Hall–Kier alpha value is 0.0300. The molecule has 0 aromatic rings. The molecule has 1 heterocycles. The smallest absolute Gasteiger partial charge is 0.245 e. The molecule has 0 spiro atoms. The summed E-state index contributed by atoms with van der Waals surface area (Å²) in [6, 6.07) is 0. The van der Waals surface area contributed by atoms with E-state index in [1.165, 1.54) is 4.31 Å². The number of piperidine rings is 1. The molecule has 0 aromatic carbocycles. The van der Waals surface area contributed by atoms with Crippen LogP contribution in [0, 0.1) is 0 Å². The minimum absolute atomic E-state index is 0.0202. The van der Waals surface area contributed by atoms with Gasteiger partial charge in [0.15, 0.2) is 0 Å². The third-order valence-electron chi connectivity index (χ3n) is 2.07. The lowest BCUT2D eigenvalue weighted by Gasteiger charge is -2.31. The molecule has 0 aromatic heterocycles. The van der Waals surface area contributed by atoms with Crippen LogP contribution in [0.1, 0.15) is 26.2 Å². The summed E-state index contributed by atoms with van der Waals surface area (Å²) in [7, 11) is 0. The van der Waals surface area contributed by atoms with Crippen LogP contribution in [0.25, 0.3) is 0 Å². The van der Waals surface area contributed by atoms with Crippen LogP contribution in [0.4, 0.5) is 17.6 Å². The van der Waals surface area contributed by atoms with Gasteiger partial charge in [0.1, 0.15) is 0 Å². The molecular weight excluding hydrogens is 218 g/mol. The zero-order chi connectivity index (χ0) is 10.8. The van der Waals surface area contributed by atoms with E-state index >= 15 is 0 Å². The van der Waals surface area contributed by atoms with E-state index < -0.39 is 11.2 Å². The molecular formula is C8H13F4NS. The number of hydrogen-bond donors (Lipinski definition) is 0. The predicted octanol–water partition coefficient (Wildman–Crippen LogP) is 3.37. The van der Waals surface area contributed by atoms with Gasteiger partial charge in [-0.1, -0.05) is 6.42 Å². The van der Waals surface area contributed by atoms with E-state index in [2.05, 4.69) is 0 Å². The molecule has 6 heteroatoms. The number of nitrogens with zero attached hydrogens (tertiary/aromatic N) is 1. The molecule has 0 radical (unpaired) electrons. The fourth-order valence-electron chi connectivity index (χ4n) is 1.20. The lowest BCUT2D eigenvalue weighted by Crippen LogP contribution is -2.39. The second-order valence-electron chi connectivity index (χ2n) is 3.49. The topological polar surface area (TPSA) is 3.24 Å². The summed E-state index contributed by atoms with van der Waals surface area (Å²) in [5, 5.41) is -4.00. The van der Waals surface area contributed by atoms with Gasteiger partial charge in [0.25, 0.3) is 0 Å². The molecule has 0 amide bonds. The van der Waals surface area contributed by atoms with Gasteiger partial charge in [-0.15, -0.1) is 0 Å². The Morgan fingerprint density at radius 1 is 1.00 bits per heavy atom. The zero-order valence-electron chi connectivity index (χ0n) is 7.90. The van der Waals surface area contributed by atoms with Crippen molar-refractivity contribution in [3.05, 3.63) is 0 Å². The highest BCUT2D eigenvalue weighted by Crippen LogP contribution is 2.44. The van der Waals surface area contributed by atoms with Crippen LogP contribution >= 0.6 is 11.9 Å². The SMILES string of the molecule is CC(F)(F)C(F)(F)SN1CCCCC1. The molecule has 1 nitrogen and oxygen atoms in total. The molecule has 1 rings (SSSR count). The summed E-state index contributed by atoms with van der Waals surface area (Å²) >= 11 is -0.0202. The fourth-order valence-corrected chi connectivity index (χ4v) is 2.12. The first-order valence-electron chi connectivity index (χ1n) is 4.53. The fraction of sp³-hybridized carbons (Fsp3) is 1.00. The molecule has 0 bridgehead atoms. The van der Waals surface area contributed by atoms with Crippen molar-refractivity contribution in [1.82, 2.24) is 4.31 Å². The molecule has 1 aliphatic heterocycles. The second-order valence-corrected chi connectivity index (χ2v) is 4.70. The summed E-state index contributed by atoms with van der Waals surface area (Å²) in [6.45, 7) is 1.19. The van der Waals surface area contributed by atoms with Crippen LogP contribution in [-0.2, 0) is 0 Å². The van der Waals surface area contributed by atoms with Crippen molar-refractivity contribution in [3.8, 4) is 0 Å². The Morgan fingerprint density at radius 3 is 1.93 bits per heavy atom. The Bertz CT molecular complexity index is 186. The van der Waals surface area contributed by atoms with E-state index in [1.807, 2.05) is 0 Å². The lowest BCUT2D eigenvalue weighted by atomic mass is 10.2. The maximum absolute atomic E-state index is 12.9. The van der Waals surface area contributed by atoms with Gasteiger partial charge in [0.05, 0.1) is 0 Å². The summed E-state index contributed by atoms with van der Waals surface area (Å²) in [5.74, 6) is -3.96. The molecule has 0 aliphatic carbocycles. The third kappa shape index (κ3) is 3.02. The second kappa shape index (κ2) is 4.26. The van der Waals surface area contributed by atoms with Crippen molar-refractivity contribution in [2.45, 2.75) is 37.4 Å². The molecule has 0 saturated carbocycles. The van der Waals surface area contributed by atoms with E-state index in [0.29, 0.717) is 13.1 Å². The first kappa shape index (κ1) is 12.1. The molecule has 0 unspecified atom stereocenters. The Labute approximate surface area is 85.0 Å². The Kier molecular flexibility index (Phi) is 3.69. The first-order chi connectivity index (χ1) is 6.33. The molecule has 14 heavy (non-hydrogen) atoms. The van der Waals surface area contributed by atoms with Gasteiger partial charge < -0.3 is 0 Å². The number of alkyl halides is 4. The zero-order valence-corrected chi connectivity index (χ0v) is 8.72. The summed E-state index contributed by atoms with van der Waals surface area (Å²) < 4.78 is 52.0. The van der Waals surface area contributed by atoms with Gasteiger partial charge in [-0.25, -0.2) is 4.31 Å². The monoisotopic (exact) mass is 231 g/mol. The van der Waals surface area contributed by atoms with Crippen molar-refractivity contribution in [1.29, 1.82) is 0 Å². The highest BCUT2D eigenvalue weighted by Gasteiger charge is 2.54. The quantitative estimate of drug-likeness (QED) is 0.541. The van der Waals surface area contributed by atoms with Crippen LogP contribution in [0.2, 0.25) is 0 Å². The summed E-state index contributed by atoms with van der Waals surface area (Å²) in [6.07, 6.45) is 2.60. The highest BCUT2D eigenvalue weighted by atomic mass is 32.2. The highest BCUT2D eigenvalue weighted by molar-refractivity contribution is 7.98. The van der Waals surface area contributed by atoms with Crippen molar-refractivity contribution in [2.24, 2.45) is 0 Å². The third-order valence-corrected chi connectivity index (χ3v) is 3.28. The maximum Gasteiger partial charge on any atom is 0.369 e. The van der Waals surface area contributed by atoms with Crippen LogP contribution < -0.4 is 0 Å². The molecule has 0 N–H and O–H groups in total. The van der Waals surface area contributed by atoms with Gasteiger partial charge in [0, 0.05) is 32.0 Å². The molecule has 1 fully saturated rings. The number of hydrogen-bond acceptors (Lipinski definition) is 2. The molecule has 1 saturated heterocycles. The molecule has 84 valence electrons. The van der Waals surface area contributed by atoms with Crippen LogP contribution in [0.5, 0.6) is 0 Å².